The average molecular weight is 336 g/mol. The molecule has 3 rings (SSSR count). The number of H-pyrrole nitrogens is 1. The average Bonchev–Trinajstić information content (AvgIpc) is 3.10. The van der Waals surface area contributed by atoms with E-state index in [1.165, 1.54) is 0 Å². The van der Waals surface area contributed by atoms with Crippen molar-refractivity contribution in [3.05, 3.63) is 70.5 Å². The lowest BCUT2D eigenvalue weighted by atomic mass is 9.92. The first-order chi connectivity index (χ1) is 12.0. The van der Waals surface area contributed by atoms with Crippen LogP contribution in [-0.2, 0) is 0 Å². The van der Waals surface area contributed by atoms with E-state index in [-0.39, 0.29) is 16.5 Å². The predicted octanol–water partition coefficient (Wildman–Crippen LogP) is 5.39. The number of para-hydroxylation sites is 1. The Bertz CT molecular complexity index is 896. The number of nitrogens with zero attached hydrogens (tertiary/aromatic N) is 1. The van der Waals surface area contributed by atoms with Crippen LogP contribution in [0.5, 0.6) is 5.75 Å². The summed E-state index contributed by atoms with van der Waals surface area (Å²) in [5.74, 6) is 0.845. The summed E-state index contributed by atoms with van der Waals surface area (Å²) in [5.41, 5.74) is 4.26. The van der Waals surface area contributed by atoms with Crippen LogP contribution in [0.1, 0.15) is 25.3 Å². The van der Waals surface area contributed by atoms with Gasteiger partial charge in [-0.3, -0.25) is 10.1 Å². The molecule has 1 heterocycles. The van der Waals surface area contributed by atoms with Crippen molar-refractivity contribution in [2.24, 2.45) is 0 Å². The molecule has 0 atom stereocenters. The van der Waals surface area contributed by atoms with Crippen molar-refractivity contribution in [3.8, 4) is 28.0 Å². The van der Waals surface area contributed by atoms with Gasteiger partial charge in [-0.1, -0.05) is 38.1 Å². The maximum absolute atomic E-state index is 11.8. The first-order valence-electron chi connectivity index (χ1n) is 8.11. The molecule has 0 aliphatic rings. The summed E-state index contributed by atoms with van der Waals surface area (Å²) in [6.07, 6.45) is 3.68. The molecule has 5 nitrogen and oxygen atoms in total. The van der Waals surface area contributed by atoms with E-state index >= 15 is 0 Å². The van der Waals surface area contributed by atoms with Crippen LogP contribution in [0.3, 0.4) is 0 Å². The summed E-state index contributed by atoms with van der Waals surface area (Å²) in [6, 6.07) is 13.2. The van der Waals surface area contributed by atoms with Crippen molar-refractivity contribution in [3.63, 3.8) is 0 Å². The Labute approximate surface area is 146 Å². The summed E-state index contributed by atoms with van der Waals surface area (Å²) in [4.78, 5) is 14.6. The van der Waals surface area contributed by atoms with E-state index in [0.717, 1.165) is 28.0 Å². The highest BCUT2D eigenvalue weighted by Gasteiger charge is 2.24. The lowest BCUT2D eigenvalue weighted by molar-refractivity contribution is -0.385. The van der Waals surface area contributed by atoms with Gasteiger partial charge in [0.05, 0.1) is 17.6 Å². The Balaban J connectivity index is 2.17. The van der Waals surface area contributed by atoms with Gasteiger partial charge in [0.2, 0.25) is 0 Å². The minimum atomic E-state index is -0.282. The molecule has 0 fully saturated rings. The Hall–Kier alpha value is -3.08. The quantitative estimate of drug-likeness (QED) is 0.502. The third kappa shape index (κ3) is 3.13. The normalized spacial score (nSPS) is 10.9. The maximum atomic E-state index is 11.8. The second-order valence-electron chi connectivity index (χ2n) is 6.17. The molecule has 1 aromatic heterocycles. The van der Waals surface area contributed by atoms with Gasteiger partial charge in [-0.25, -0.2) is 0 Å². The second kappa shape index (κ2) is 6.81. The van der Waals surface area contributed by atoms with E-state index in [9.17, 15) is 10.1 Å². The van der Waals surface area contributed by atoms with Crippen molar-refractivity contribution in [1.29, 1.82) is 0 Å². The van der Waals surface area contributed by atoms with Gasteiger partial charge in [0.15, 0.2) is 0 Å². The molecule has 0 aliphatic carbocycles. The molecule has 0 unspecified atom stereocenters. The fraction of sp³-hybridized carbons (Fsp3) is 0.200. The van der Waals surface area contributed by atoms with E-state index in [4.69, 9.17) is 4.74 Å². The van der Waals surface area contributed by atoms with E-state index in [2.05, 4.69) is 4.98 Å². The number of methoxy groups -OCH3 is 1. The number of nitrogens with one attached hydrogen (secondary N) is 1. The highest BCUT2D eigenvalue weighted by Crippen LogP contribution is 2.40. The Morgan fingerprint density at radius 3 is 2.28 bits per heavy atom. The smallest absolute Gasteiger partial charge is 0.280 e. The molecular formula is C20H20N2O3. The predicted molar refractivity (Wildman–Crippen MR) is 99.0 cm³/mol. The van der Waals surface area contributed by atoms with Crippen molar-refractivity contribution < 1.29 is 9.66 Å². The number of ether oxygens (including phenoxy) is 1. The largest absolute Gasteiger partial charge is 0.497 e. The van der Waals surface area contributed by atoms with Gasteiger partial charge in [0.1, 0.15) is 5.75 Å². The van der Waals surface area contributed by atoms with E-state index in [1.54, 1.807) is 13.2 Å². The minimum Gasteiger partial charge on any atom is -0.497 e. The molecule has 5 heteroatoms. The number of benzene rings is 2. The summed E-state index contributed by atoms with van der Waals surface area (Å²) in [6.45, 7) is 3.93. The first kappa shape index (κ1) is 16.8. The number of hydrogen-bond acceptors (Lipinski definition) is 3. The van der Waals surface area contributed by atoms with Crippen LogP contribution in [0.15, 0.2) is 54.9 Å². The Morgan fingerprint density at radius 2 is 1.68 bits per heavy atom. The number of rotatable bonds is 5. The van der Waals surface area contributed by atoms with Crippen molar-refractivity contribution in [2.45, 2.75) is 19.8 Å². The van der Waals surface area contributed by atoms with Gasteiger partial charge >= 0.3 is 0 Å². The van der Waals surface area contributed by atoms with Gasteiger partial charge in [-0.15, -0.1) is 0 Å². The monoisotopic (exact) mass is 336 g/mol. The number of hydrogen-bond donors (Lipinski definition) is 1. The molecule has 3 aromatic rings. The second-order valence-corrected chi connectivity index (χ2v) is 6.17. The molecule has 0 aliphatic heterocycles. The van der Waals surface area contributed by atoms with Gasteiger partial charge in [-0.05, 0) is 29.7 Å². The molecule has 0 saturated carbocycles. The third-order valence-electron chi connectivity index (χ3n) is 4.31. The van der Waals surface area contributed by atoms with Crippen molar-refractivity contribution in [2.75, 3.05) is 7.11 Å². The van der Waals surface area contributed by atoms with Crippen LogP contribution in [0, 0.1) is 10.1 Å². The molecule has 0 bridgehead atoms. The molecular weight excluding hydrogens is 316 g/mol. The van der Waals surface area contributed by atoms with Crippen LogP contribution in [0.2, 0.25) is 0 Å². The van der Waals surface area contributed by atoms with Crippen LogP contribution in [0.25, 0.3) is 22.3 Å². The molecule has 1 N–H and O–H groups in total. The molecule has 0 saturated heterocycles. The summed E-state index contributed by atoms with van der Waals surface area (Å²) < 4.78 is 5.20. The lowest BCUT2D eigenvalue weighted by Gasteiger charge is -2.11. The zero-order chi connectivity index (χ0) is 18.0. The third-order valence-corrected chi connectivity index (χ3v) is 4.31. The Morgan fingerprint density at radius 1 is 1.00 bits per heavy atom. The molecule has 2 aromatic carbocycles. The summed E-state index contributed by atoms with van der Waals surface area (Å²) in [5, 5.41) is 11.8. The number of aromatic amines is 1. The van der Waals surface area contributed by atoms with Crippen LogP contribution < -0.4 is 4.74 Å². The fourth-order valence-electron chi connectivity index (χ4n) is 3.04. The molecule has 0 amide bonds. The van der Waals surface area contributed by atoms with Crippen LogP contribution >= 0.6 is 0 Å². The minimum absolute atomic E-state index is 0.0729. The van der Waals surface area contributed by atoms with Crippen molar-refractivity contribution in [1.82, 2.24) is 4.98 Å². The number of aromatic nitrogens is 1. The molecule has 0 radical (unpaired) electrons. The number of nitro benzene ring substituents is 1. The standard InChI is InChI=1S/C20H20N2O3/c1-13(2)16-5-4-6-17(20(16)22(23)24)19-12-21-11-18(19)14-7-9-15(25-3)10-8-14/h4-13,21H,1-3H3. The molecule has 0 spiro atoms. The van der Waals surface area contributed by atoms with E-state index in [0.29, 0.717) is 5.56 Å². The summed E-state index contributed by atoms with van der Waals surface area (Å²) >= 11 is 0. The SMILES string of the molecule is COc1ccc(-c2c[nH]cc2-c2cccc(C(C)C)c2[N+](=O)[O-])cc1. The summed E-state index contributed by atoms with van der Waals surface area (Å²) in [7, 11) is 1.62. The Kier molecular flexibility index (Phi) is 4.57. The highest BCUT2D eigenvalue weighted by atomic mass is 16.6. The highest BCUT2D eigenvalue weighted by molar-refractivity contribution is 5.88. The van der Waals surface area contributed by atoms with Gasteiger partial charge in [0.25, 0.3) is 5.69 Å². The van der Waals surface area contributed by atoms with Gasteiger partial charge in [0, 0.05) is 29.1 Å². The van der Waals surface area contributed by atoms with Crippen molar-refractivity contribution >= 4 is 5.69 Å². The molecule has 25 heavy (non-hydrogen) atoms. The topological polar surface area (TPSA) is 68.2 Å². The first-order valence-corrected chi connectivity index (χ1v) is 8.11. The maximum Gasteiger partial charge on any atom is 0.280 e. The fourth-order valence-corrected chi connectivity index (χ4v) is 3.04. The van der Waals surface area contributed by atoms with Gasteiger partial charge < -0.3 is 9.72 Å². The zero-order valence-electron chi connectivity index (χ0n) is 14.4. The lowest BCUT2D eigenvalue weighted by Crippen LogP contribution is -2.00. The van der Waals surface area contributed by atoms with Crippen LogP contribution in [0.4, 0.5) is 5.69 Å². The van der Waals surface area contributed by atoms with Crippen LogP contribution in [-0.4, -0.2) is 17.0 Å². The van der Waals surface area contributed by atoms with Gasteiger partial charge in [-0.2, -0.15) is 0 Å². The van der Waals surface area contributed by atoms with E-state index in [1.807, 2.05) is 62.6 Å². The zero-order valence-corrected chi connectivity index (χ0v) is 14.4. The molecule has 128 valence electrons. The van der Waals surface area contributed by atoms with E-state index < -0.39 is 0 Å². The number of nitro groups is 1.